The molecule has 1 heterocycles. The van der Waals surface area contributed by atoms with Crippen molar-refractivity contribution in [3.8, 4) is 11.8 Å². The molecule has 0 aliphatic carbocycles. The predicted molar refractivity (Wildman–Crippen MR) is 76.3 cm³/mol. The van der Waals surface area contributed by atoms with E-state index < -0.39 is 0 Å². The van der Waals surface area contributed by atoms with Gasteiger partial charge in [-0.3, -0.25) is 4.79 Å². The third kappa shape index (κ3) is 3.19. The van der Waals surface area contributed by atoms with Crippen molar-refractivity contribution in [1.29, 1.82) is 0 Å². The number of carbonyl (C=O) groups is 1. The van der Waals surface area contributed by atoms with E-state index in [0.717, 1.165) is 11.1 Å². The Labute approximate surface area is 119 Å². The highest BCUT2D eigenvalue weighted by Gasteiger charge is 2.23. The quantitative estimate of drug-likeness (QED) is 0.749. The van der Waals surface area contributed by atoms with Crippen LogP contribution in [0, 0.1) is 18.8 Å². The summed E-state index contributed by atoms with van der Waals surface area (Å²) in [7, 11) is 0. The van der Waals surface area contributed by atoms with Crippen molar-refractivity contribution < 1.29 is 15.0 Å². The van der Waals surface area contributed by atoms with Crippen LogP contribution in [-0.2, 0) is 0 Å². The number of amides is 1. The minimum atomic E-state index is -0.290. The zero-order valence-corrected chi connectivity index (χ0v) is 11.6. The third-order valence-electron chi connectivity index (χ3n) is 3.62. The summed E-state index contributed by atoms with van der Waals surface area (Å²) in [6.07, 6.45) is 0.978. The van der Waals surface area contributed by atoms with E-state index in [-0.39, 0.29) is 18.6 Å². The second kappa shape index (κ2) is 6.56. The number of nitrogens with zero attached hydrogens (tertiary/aromatic N) is 1. The summed E-state index contributed by atoms with van der Waals surface area (Å²) < 4.78 is 0. The van der Waals surface area contributed by atoms with Crippen molar-refractivity contribution in [2.24, 2.45) is 0 Å². The van der Waals surface area contributed by atoms with E-state index in [1.54, 1.807) is 17.0 Å². The molecule has 0 aromatic heterocycles. The molecule has 1 saturated heterocycles. The van der Waals surface area contributed by atoms with E-state index in [2.05, 4.69) is 11.8 Å². The Kier molecular flexibility index (Phi) is 4.78. The van der Waals surface area contributed by atoms with Gasteiger partial charge < -0.3 is 15.1 Å². The maximum atomic E-state index is 12.5. The average Bonchev–Trinajstić information content (AvgIpc) is 2.46. The lowest BCUT2D eigenvalue weighted by molar-refractivity contribution is 0.0546. The SMILES string of the molecule is Cc1c(C#CCO)cccc1C(=O)N1CCC(O)CC1. The molecule has 106 valence electrons. The Bertz CT molecular complexity index is 549. The van der Waals surface area contributed by atoms with Crippen molar-refractivity contribution in [1.82, 2.24) is 4.90 Å². The molecule has 0 bridgehead atoms. The highest BCUT2D eigenvalue weighted by atomic mass is 16.3. The first kappa shape index (κ1) is 14.6. The van der Waals surface area contributed by atoms with Crippen LogP contribution in [0.25, 0.3) is 0 Å². The van der Waals surface area contributed by atoms with Gasteiger partial charge in [0.2, 0.25) is 0 Å². The van der Waals surface area contributed by atoms with Gasteiger partial charge >= 0.3 is 0 Å². The van der Waals surface area contributed by atoms with Crippen molar-refractivity contribution in [3.63, 3.8) is 0 Å². The largest absolute Gasteiger partial charge is 0.393 e. The number of piperidine rings is 1. The van der Waals surface area contributed by atoms with E-state index in [1.165, 1.54) is 0 Å². The molecule has 4 heteroatoms. The lowest BCUT2D eigenvalue weighted by Crippen LogP contribution is -2.40. The van der Waals surface area contributed by atoms with Crippen molar-refractivity contribution >= 4 is 5.91 Å². The fourth-order valence-electron chi connectivity index (χ4n) is 2.38. The number of benzene rings is 1. The number of aliphatic hydroxyl groups is 2. The van der Waals surface area contributed by atoms with Gasteiger partial charge in [-0.25, -0.2) is 0 Å². The maximum Gasteiger partial charge on any atom is 0.254 e. The third-order valence-corrected chi connectivity index (χ3v) is 3.62. The standard InChI is InChI=1S/C16H19NO3/c1-12-13(5-3-11-18)4-2-6-15(12)16(20)17-9-7-14(19)8-10-17/h2,4,6,14,18-19H,7-11H2,1H3. The van der Waals surface area contributed by atoms with Crippen LogP contribution in [0.2, 0.25) is 0 Å². The molecule has 20 heavy (non-hydrogen) atoms. The number of likely N-dealkylation sites (tertiary alicyclic amines) is 1. The summed E-state index contributed by atoms with van der Waals surface area (Å²) in [5, 5.41) is 18.2. The van der Waals surface area contributed by atoms with Crippen molar-refractivity contribution in [2.45, 2.75) is 25.9 Å². The first-order valence-corrected chi connectivity index (χ1v) is 6.80. The number of aliphatic hydroxyl groups excluding tert-OH is 2. The van der Waals surface area contributed by atoms with Crippen LogP contribution in [0.15, 0.2) is 18.2 Å². The van der Waals surface area contributed by atoms with E-state index in [9.17, 15) is 9.90 Å². The van der Waals surface area contributed by atoms with Crippen LogP contribution >= 0.6 is 0 Å². The first-order chi connectivity index (χ1) is 9.63. The van der Waals surface area contributed by atoms with Gasteiger partial charge in [0.25, 0.3) is 5.91 Å². The number of carbonyl (C=O) groups excluding carboxylic acids is 1. The highest BCUT2D eigenvalue weighted by molar-refractivity contribution is 5.96. The Morgan fingerprint density at radius 3 is 2.75 bits per heavy atom. The molecule has 1 aromatic carbocycles. The van der Waals surface area contributed by atoms with Gasteiger partial charge in [0.05, 0.1) is 6.10 Å². The second-order valence-corrected chi connectivity index (χ2v) is 4.96. The summed E-state index contributed by atoms with van der Waals surface area (Å²) in [5.41, 5.74) is 2.25. The average molecular weight is 273 g/mol. The minimum absolute atomic E-state index is 0.0120. The van der Waals surface area contributed by atoms with Crippen LogP contribution in [0.3, 0.4) is 0 Å². The number of rotatable bonds is 1. The van der Waals surface area contributed by atoms with E-state index in [1.807, 2.05) is 13.0 Å². The van der Waals surface area contributed by atoms with E-state index >= 15 is 0 Å². The normalized spacial score (nSPS) is 15.7. The van der Waals surface area contributed by atoms with Crippen molar-refractivity contribution in [2.75, 3.05) is 19.7 Å². The van der Waals surface area contributed by atoms with Crippen LogP contribution in [0.4, 0.5) is 0 Å². The molecule has 1 amide bonds. The summed E-state index contributed by atoms with van der Waals surface area (Å²) in [6, 6.07) is 5.45. The topological polar surface area (TPSA) is 60.8 Å². The van der Waals surface area contributed by atoms with Gasteiger partial charge in [-0.2, -0.15) is 0 Å². The molecule has 4 nitrogen and oxygen atoms in total. The summed E-state index contributed by atoms with van der Waals surface area (Å²) in [6.45, 7) is 2.85. The molecular weight excluding hydrogens is 254 g/mol. The highest BCUT2D eigenvalue weighted by Crippen LogP contribution is 2.18. The molecule has 0 radical (unpaired) electrons. The van der Waals surface area contributed by atoms with Gasteiger partial charge in [-0.1, -0.05) is 17.9 Å². The molecule has 0 saturated carbocycles. The van der Waals surface area contributed by atoms with Crippen LogP contribution < -0.4 is 0 Å². The molecule has 1 aromatic rings. The molecule has 0 spiro atoms. The first-order valence-electron chi connectivity index (χ1n) is 6.80. The fourth-order valence-corrected chi connectivity index (χ4v) is 2.38. The molecule has 1 fully saturated rings. The van der Waals surface area contributed by atoms with Gasteiger partial charge in [0.15, 0.2) is 0 Å². The van der Waals surface area contributed by atoms with Gasteiger partial charge in [0.1, 0.15) is 6.61 Å². The summed E-state index contributed by atoms with van der Waals surface area (Å²) >= 11 is 0. The predicted octanol–water partition coefficient (Wildman–Crippen LogP) is 0.936. The lowest BCUT2D eigenvalue weighted by atomic mass is 10.00. The van der Waals surface area contributed by atoms with Crippen molar-refractivity contribution in [3.05, 3.63) is 34.9 Å². The van der Waals surface area contributed by atoms with E-state index in [0.29, 0.717) is 31.5 Å². The van der Waals surface area contributed by atoms with Crippen LogP contribution in [0.1, 0.15) is 34.3 Å². The smallest absolute Gasteiger partial charge is 0.254 e. The summed E-state index contributed by atoms with van der Waals surface area (Å²) in [5.74, 6) is 5.45. The van der Waals surface area contributed by atoms with Gasteiger partial charge in [-0.05, 0) is 37.5 Å². The number of hydrogen-bond donors (Lipinski definition) is 2. The Morgan fingerprint density at radius 2 is 2.10 bits per heavy atom. The van der Waals surface area contributed by atoms with Gasteiger partial charge in [-0.15, -0.1) is 0 Å². The summed E-state index contributed by atoms with van der Waals surface area (Å²) in [4.78, 5) is 14.3. The van der Waals surface area contributed by atoms with Crippen LogP contribution in [0.5, 0.6) is 0 Å². The second-order valence-electron chi connectivity index (χ2n) is 4.96. The molecule has 1 aliphatic heterocycles. The molecule has 2 rings (SSSR count). The number of hydrogen-bond acceptors (Lipinski definition) is 3. The zero-order chi connectivity index (χ0) is 14.5. The monoisotopic (exact) mass is 273 g/mol. The maximum absolute atomic E-state index is 12.5. The molecule has 1 aliphatic rings. The van der Waals surface area contributed by atoms with Gasteiger partial charge in [0, 0.05) is 24.2 Å². The molecular formula is C16H19NO3. The molecule has 2 N–H and O–H groups in total. The molecule has 0 atom stereocenters. The zero-order valence-electron chi connectivity index (χ0n) is 11.6. The van der Waals surface area contributed by atoms with E-state index in [4.69, 9.17) is 5.11 Å². The fraction of sp³-hybridized carbons (Fsp3) is 0.438. The lowest BCUT2D eigenvalue weighted by Gasteiger charge is -2.30. The Hall–Kier alpha value is -1.83. The minimum Gasteiger partial charge on any atom is -0.393 e. The molecule has 0 unspecified atom stereocenters. The van der Waals surface area contributed by atoms with Crippen LogP contribution in [-0.4, -0.2) is 46.8 Å². The Balaban J connectivity index is 2.22. The Morgan fingerprint density at radius 1 is 1.40 bits per heavy atom.